The molecule has 0 saturated carbocycles. The average molecular weight is 615 g/mol. The maximum absolute atomic E-state index is 14.4. The van der Waals surface area contributed by atoms with Gasteiger partial charge in [0.15, 0.2) is 6.20 Å². The summed E-state index contributed by atoms with van der Waals surface area (Å²) < 4.78 is 76.1. The van der Waals surface area contributed by atoms with Crippen molar-refractivity contribution in [3.8, 4) is 11.4 Å². The van der Waals surface area contributed by atoms with Crippen LogP contribution in [0.5, 0.6) is 5.75 Å². The number of halogens is 6. The van der Waals surface area contributed by atoms with Gasteiger partial charge in [0.05, 0.1) is 28.0 Å². The number of pyridine rings is 1. The highest BCUT2D eigenvalue weighted by Gasteiger charge is 2.25. The van der Waals surface area contributed by atoms with Crippen LogP contribution in [0.15, 0.2) is 47.1 Å². The van der Waals surface area contributed by atoms with Crippen molar-refractivity contribution in [2.75, 3.05) is 0 Å². The van der Waals surface area contributed by atoms with E-state index in [9.17, 15) is 32.1 Å². The largest absolute Gasteiger partial charge is 0.478 e. The molecule has 4 aromatic rings. The van der Waals surface area contributed by atoms with E-state index in [1.54, 1.807) is 0 Å². The van der Waals surface area contributed by atoms with E-state index in [4.69, 9.17) is 4.74 Å². The van der Waals surface area contributed by atoms with Gasteiger partial charge in [-0.3, -0.25) is 4.68 Å². The molecule has 0 spiro atoms. The second kappa shape index (κ2) is 11.5. The fraction of sp³-hybridized carbons (Fsp3) is 0.292. The molecule has 0 fully saturated rings. The molecule has 0 amide bonds. The molecule has 9 nitrogen and oxygen atoms in total. The van der Waals surface area contributed by atoms with Gasteiger partial charge in [0, 0.05) is 30.8 Å². The Morgan fingerprint density at radius 2 is 1.85 bits per heavy atom. The second-order valence-electron chi connectivity index (χ2n) is 8.49. The lowest BCUT2D eigenvalue weighted by Gasteiger charge is -2.19. The normalized spacial score (nSPS) is 12.4. The zero-order valence-electron chi connectivity index (χ0n) is 20.4. The Bertz CT molecular complexity index is 1510. The molecule has 1 aromatic carbocycles. The molecule has 3 aromatic heterocycles. The molecule has 0 saturated heterocycles. The molecule has 3 heterocycles. The minimum Gasteiger partial charge on any atom is -0.478 e. The van der Waals surface area contributed by atoms with E-state index in [2.05, 4.69) is 31.1 Å². The van der Waals surface area contributed by atoms with Crippen molar-refractivity contribution in [1.29, 1.82) is 0 Å². The Kier molecular flexibility index (Phi) is 8.28. The van der Waals surface area contributed by atoms with Crippen molar-refractivity contribution >= 4 is 21.7 Å². The number of hydrogen-bond acceptors (Lipinski definition) is 6. The van der Waals surface area contributed by atoms with Crippen LogP contribution in [-0.2, 0) is 19.9 Å². The lowest BCUT2D eigenvalue weighted by Crippen LogP contribution is -2.13. The molecule has 1 atom stereocenters. The van der Waals surface area contributed by atoms with Gasteiger partial charge >= 0.3 is 5.82 Å². The van der Waals surface area contributed by atoms with Crippen LogP contribution in [0.1, 0.15) is 47.8 Å². The van der Waals surface area contributed by atoms with Gasteiger partial charge in [-0.2, -0.15) is 10.2 Å². The first-order valence-electron chi connectivity index (χ1n) is 11.4. The summed E-state index contributed by atoms with van der Waals surface area (Å²) in [5.41, 5.74) is 0.597. The standard InChI is InChI=1S/C24H20BrF5N6O3/c1-12(39-21-5-13(25)11-31-24(21)36(37)38)18-6-14(26)3-4-20(18)35-17(10-19(33-35)23(29)30)9-16-7-15(8-22(27)28)32-34(16)2/h3-7,10-12,22-23H,8-9H2,1-2H3/t12-/m1/s1. The fourth-order valence-corrected chi connectivity index (χ4v) is 4.31. The zero-order chi connectivity index (χ0) is 28.4. The zero-order valence-corrected chi connectivity index (χ0v) is 21.9. The van der Waals surface area contributed by atoms with Gasteiger partial charge in [0.2, 0.25) is 12.2 Å². The molecule has 0 aliphatic carbocycles. The van der Waals surface area contributed by atoms with Crippen LogP contribution in [0.3, 0.4) is 0 Å². The summed E-state index contributed by atoms with van der Waals surface area (Å²) in [6.07, 6.45) is -5.92. The van der Waals surface area contributed by atoms with Gasteiger partial charge in [0.1, 0.15) is 17.6 Å². The predicted molar refractivity (Wildman–Crippen MR) is 132 cm³/mol. The highest BCUT2D eigenvalue weighted by molar-refractivity contribution is 9.10. The topological polar surface area (TPSA) is 101 Å². The SMILES string of the molecule is C[C@@H](Oc1cc(Br)cnc1[N+](=O)[O-])c1cc(F)ccc1-n1nc(C(F)F)cc1Cc1cc(CC(F)F)nn1C. The molecular weight excluding hydrogens is 595 g/mol. The van der Waals surface area contributed by atoms with Crippen molar-refractivity contribution in [1.82, 2.24) is 24.5 Å². The average Bonchev–Trinajstić information content (AvgIpc) is 3.41. The number of nitrogens with zero attached hydrogens (tertiary/aromatic N) is 6. The fourth-order valence-electron chi connectivity index (χ4n) is 4.00. The van der Waals surface area contributed by atoms with Gasteiger partial charge in [-0.25, -0.2) is 26.6 Å². The van der Waals surface area contributed by atoms with E-state index in [1.807, 2.05) is 0 Å². The van der Waals surface area contributed by atoms with Crippen molar-refractivity contribution < 1.29 is 31.6 Å². The van der Waals surface area contributed by atoms with Gasteiger partial charge in [-0.15, -0.1) is 0 Å². The van der Waals surface area contributed by atoms with Crippen molar-refractivity contribution in [3.05, 3.63) is 91.3 Å². The maximum atomic E-state index is 14.4. The van der Waals surface area contributed by atoms with Gasteiger partial charge in [-0.05, 0) is 63.1 Å². The summed E-state index contributed by atoms with van der Waals surface area (Å²) in [5, 5.41) is 19.5. The first-order chi connectivity index (χ1) is 18.4. The van der Waals surface area contributed by atoms with Crippen LogP contribution in [-0.4, -0.2) is 35.9 Å². The molecular formula is C24H20BrF5N6O3. The molecule has 39 heavy (non-hydrogen) atoms. The van der Waals surface area contributed by atoms with Crippen LogP contribution < -0.4 is 4.74 Å². The predicted octanol–water partition coefficient (Wildman–Crippen LogP) is 6.29. The molecule has 0 aliphatic rings. The third kappa shape index (κ3) is 6.41. The third-order valence-electron chi connectivity index (χ3n) is 5.71. The maximum Gasteiger partial charge on any atom is 0.406 e. The monoisotopic (exact) mass is 614 g/mol. The molecule has 206 valence electrons. The van der Waals surface area contributed by atoms with Gasteiger partial charge < -0.3 is 14.9 Å². The van der Waals surface area contributed by atoms with E-state index in [1.165, 1.54) is 47.7 Å². The Morgan fingerprint density at radius 1 is 1.10 bits per heavy atom. The Morgan fingerprint density at radius 3 is 2.51 bits per heavy atom. The van der Waals surface area contributed by atoms with E-state index < -0.39 is 47.6 Å². The molecule has 0 aliphatic heterocycles. The van der Waals surface area contributed by atoms with Crippen LogP contribution >= 0.6 is 15.9 Å². The van der Waals surface area contributed by atoms with E-state index >= 15 is 0 Å². The number of hydrogen-bond donors (Lipinski definition) is 0. The van der Waals surface area contributed by atoms with E-state index in [-0.39, 0.29) is 34.8 Å². The van der Waals surface area contributed by atoms with Gasteiger partial charge in [-0.1, -0.05) is 0 Å². The Hall–Kier alpha value is -3.88. The summed E-state index contributed by atoms with van der Waals surface area (Å²) in [6.45, 7) is 1.50. The third-order valence-corrected chi connectivity index (χ3v) is 6.14. The summed E-state index contributed by atoms with van der Waals surface area (Å²) in [7, 11) is 1.54. The minimum absolute atomic E-state index is 0.0143. The molecule has 4 rings (SSSR count). The first-order valence-corrected chi connectivity index (χ1v) is 12.2. The van der Waals surface area contributed by atoms with E-state index in [0.717, 1.165) is 18.2 Å². The van der Waals surface area contributed by atoms with E-state index in [0.29, 0.717) is 10.2 Å². The van der Waals surface area contributed by atoms with Crippen molar-refractivity contribution in [2.24, 2.45) is 7.05 Å². The van der Waals surface area contributed by atoms with Crippen LogP contribution in [0.25, 0.3) is 5.69 Å². The number of aromatic nitrogens is 5. The summed E-state index contributed by atoms with van der Waals surface area (Å²) >= 11 is 3.17. The smallest absolute Gasteiger partial charge is 0.406 e. The van der Waals surface area contributed by atoms with Gasteiger partial charge in [0.25, 0.3) is 6.43 Å². The molecule has 0 radical (unpaired) electrons. The molecule has 0 bridgehead atoms. The lowest BCUT2D eigenvalue weighted by molar-refractivity contribution is -0.390. The lowest BCUT2D eigenvalue weighted by atomic mass is 10.1. The number of benzene rings is 1. The molecule has 15 heteroatoms. The Labute approximate surface area is 226 Å². The molecule has 0 unspecified atom stereocenters. The number of nitro groups is 1. The van der Waals surface area contributed by atoms with Crippen molar-refractivity contribution in [3.63, 3.8) is 0 Å². The first kappa shape index (κ1) is 28.1. The van der Waals surface area contributed by atoms with Crippen LogP contribution in [0.2, 0.25) is 0 Å². The summed E-state index contributed by atoms with van der Waals surface area (Å²) in [4.78, 5) is 14.4. The quantitative estimate of drug-likeness (QED) is 0.118. The highest BCUT2D eigenvalue weighted by Crippen LogP contribution is 2.34. The minimum atomic E-state index is -2.93. The number of alkyl halides is 4. The number of ether oxygens (including phenoxy) is 1. The van der Waals surface area contributed by atoms with Crippen LogP contribution in [0.4, 0.5) is 27.8 Å². The highest BCUT2D eigenvalue weighted by atomic mass is 79.9. The number of aryl methyl sites for hydroxylation is 1. The second-order valence-corrected chi connectivity index (χ2v) is 9.41. The summed E-state index contributed by atoms with van der Waals surface area (Å²) in [6, 6.07) is 7.46. The molecule has 0 N–H and O–H groups in total. The Balaban J connectivity index is 1.77. The van der Waals surface area contributed by atoms with Crippen molar-refractivity contribution in [2.45, 2.75) is 38.7 Å². The number of rotatable bonds is 10. The summed E-state index contributed by atoms with van der Waals surface area (Å²) in [5.74, 6) is -1.44. The van der Waals surface area contributed by atoms with Crippen LogP contribution in [0, 0.1) is 15.9 Å².